The molecule has 0 fully saturated rings. The molecule has 0 radical (unpaired) electrons. The van der Waals surface area contributed by atoms with Crippen molar-refractivity contribution in [1.82, 2.24) is 9.97 Å². The van der Waals surface area contributed by atoms with Crippen molar-refractivity contribution in [2.24, 2.45) is 0 Å². The summed E-state index contributed by atoms with van der Waals surface area (Å²) in [6.45, 7) is 0.157. The predicted octanol–water partition coefficient (Wildman–Crippen LogP) is 3.25. The smallest absolute Gasteiger partial charge is 0.272 e. The normalized spacial score (nSPS) is 10.3. The van der Waals surface area contributed by atoms with Gasteiger partial charge in [0.25, 0.3) is 5.91 Å². The van der Waals surface area contributed by atoms with E-state index in [1.807, 2.05) is 18.2 Å². The van der Waals surface area contributed by atoms with Crippen molar-refractivity contribution in [1.29, 1.82) is 0 Å². The van der Waals surface area contributed by atoms with Crippen molar-refractivity contribution in [2.75, 3.05) is 5.32 Å². The first-order valence-corrected chi connectivity index (χ1v) is 7.81. The number of rotatable bonds is 5. The number of carbonyl (C=O) groups is 1. The monoisotopic (exact) mass is 355 g/mol. The molecule has 1 aromatic carbocycles. The van der Waals surface area contributed by atoms with E-state index in [1.165, 1.54) is 18.5 Å². The molecule has 3 aromatic rings. The Hall–Kier alpha value is -3.12. The molecule has 126 valence electrons. The quantitative estimate of drug-likeness (QED) is 0.735. The van der Waals surface area contributed by atoms with Crippen molar-refractivity contribution >= 4 is 23.2 Å². The number of hydrogen-bond acceptors (Lipinski definition) is 4. The van der Waals surface area contributed by atoms with Crippen molar-refractivity contribution in [3.8, 4) is 5.75 Å². The van der Waals surface area contributed by atoms with Gasteiger partial charge in [0.1, 0.15) is 12.3 Å². The van der Waals surface area contributed by atoms with Crippen LogP contribution in [0.3, 0.4) is 0 Å². The second kappa shape index (κ2) is 7.63. The number of nitrogens with one attached hydrogen (secondary N) is 2. The highest BCUT2D eigenvalue weighted by molar-refractivity contribution is 6.31. The van der Waals surface area contributed by atoms with Crippen molar-refractivity contribution < 1.29 is 9.53 Å². The Morgan fingerprint density at radius 2 is 2.08 bits per heavy atom. The lowest BCUT2D eigenvalue weighted by atomic mass is 10.2. The zero-order valence-corrected chi connectivity index (χ0v) is 13.8. The van der Waals surface area contributed by atoms with Gasteiger partial charge in [0.15, 0.2) is 5.75 Å². The number of nitrogens with zero attached hydrogens (tertiary/aromatic N) is 1. The topological polar surface area (TPSA) is 84.1 Å². The van der Waals surface area contributed by atoms with Crippen LogP contribution in [0.15, 0.2) is 65.8 Å². The summed E-state index contributed by atoms with van der Waals surface area (Å²) in [6, 6.07) is 11.8. The maximum atomic E-state index is 12.1. The number of pyridine rings is 2. The summed E-state index contributed by atoms with van der Waals surface area (Å²) < 4.78 is 5.49. The molecule has 6 nitrogen and oxygen atoms in total. The lowest BCUT2D eigenvalue weighted by Gasteiger charge is -2.08. The first kappa shape index (κ1) is 16.7. The van der Waals surface area contributed by atoms with Gasteiger partial charge in [-0.2, -0.15) is 0 Å². The summed E-state index contributed by atoms with van der Waals surface area (Å²) >= 11 is 6.05. The van der Waals surface area contributed by atoms with Crippen LogP contribution in [0.2, 0.25) is 5.02 Å². The molecule has 3 rings (SSSR count). The maximum absolute atomic E-state index is 12.1. The minimum absolute atomic E-state index is 0.109. The maximum Gasteiger partial charge on any atom is 0.272 e. The number of ether oxygens (including phenoxy) is 1. The number of aromatic nitrogens is 2. The number of hydrogen-bond donors (Lipinski definition) is 2. The standard InChI is InChI=1S/C18H14ClN3O3/c19-14-6-2-1-4-12(14)11-25-17-10-21-15(8-16(17)23)18(24)22-13-5-3-7-20-9-13/h1-10H,11H2,(H,21,23)(H,22,24). The molecule has 0 aliphatic carbocycles. The summed E-state index contributed by atoms with van der Waals surface area (Å²) in [5.74, 6) is -0.333. The van der Waals surface area contributed by atoms with Gasteiger partial charge in [0.05, 0.1) is 11.9 Å². The fourth-order valence-electron chi connectivity index (χ4n) is 2.11. The minimum atomic E-state index is -0.442. The van der Waals surface area contributed by atoms with E-state index < -0.39 is 11.3 Å². The average molecular weight is 356 g/mol. The van der Waals surface area contributed by atoms with E-state index in [1.54, 1.807) is 24.4 Å². The molecule has 0 aliphatic heterocycles. The second-order valence-electron chi connectivity index (χ2n) is 5.15. The van der Waals surface area contributed by atoms with Crippen LogP contribution in [0.4, 0.5) is 5.69 Å². The number of aromatic amines is 1. The first-order valence-electron chi connectivity index (χ1n) is 7.44. The fraction of sp³-hybridized carbons (Fsp3) is 0.0556. The zero-order valence-electron chi connectivity index (χ0n) is 13.0. The molecule has 0 atom stereocenters. The van der Waals surface area contributed by atoms with Gasteiger partial charge >= 0.3 is 0 Å². The highest BCUT2D eigenvalue weighted by atomic mass is 35.5. The second-order valence-corrected chi connectivity index (χ2v) is 5.56. The molecule has 0 bridgehead atoms. The number of amides is 1. The minimum Gasteiger partial charge on any atom is -0.483 e. The average Bonchev–Trinajstić information content (AvgIpc) is 2.62. The van der Waals surface area contributed by atoms with E-state index in [2.05, 4.69) is 15.3 Å². The number of halogens is 1. The lowest BCUT2D eigenvalue weighted by Crippen LogP contribution is -2.17. The van der Waals surface area contributed by atoms with E-state index in [0.717, 1.165) is 5.56 Å². The Morgan fingerprint density at radius 3 is 2.80 bits per heavy atom. The Bertz CT molecular complexity index is 942. The summed E-state index contributed by atoms with van der Waals surface area (Å²) in [4.78, 5) is 30.9. The molecule has 0 spiro atoms. The van der Waals surface area contributed by atoms with Gasteiger partial charge < -0.3 is 15.0 Å². The molecule has 2 heterocycles. The van der Waals surface area contributed by atoms with Crippen LogP contribution in [0.1, 0.15) is 16.1 Å². The van der Waals surface area contributed by atoms with E-state index in [4.69, 9.17) is 16.3 Å². The van der Waals surface area contributed by atoms with Crippen molar-refractivity contribution in [3.63, 3.8) is 0 Å². The van der Waals surface area contributed by atoms with Crippen LogP contribution in [0.5, 0.6) is 5.75 Å². The van der Waals surface area contributed by atoms with Gasteiger partial charge in [-0.1, -0.05) is 29.8 Å². The molecule has 7 heteroatoms. The van der Waals surface area contributed by atoms with E-state index in [0.29, 0.717) is 10.7 Å². The number of anilines is 1. The van der Waals surface area contributed by atoms with E-state index in [-0.39, 0.29) is 18.1 Å². The van der Waals surface area contributed by atoms with Crippen LogP contribution in [0, 0.1) is 0 Å². The molecule has 2 aromatic heterocycles. The Labute approximate surface area is 148 Å². The molecule has 0 unspecified atom stereocenters. The van der Waals surface area contributed by atoms with E-state index >= 15 is 0 Å². The summed E-state index contributed by atoms with van der Waals surface area (Å²) in [7, 11) is 0. The predicted molar refractivity (Wildman–Crippen MR) is 95.0 cm³/mol. The SMILES string of the molecule is O=C(Nc1cccnc1)c1cc(=O)c(OCc2ccccc2Cl)c[nH]1. The molecule has 0 aliphatic rings. The highest BCUT2D eigenvalue weighted by Gasteiger charge is 2.10. The fourth-order valence-corrected chi connectivity index (χ4v) is 2.30. The third-order valence-electron chi connectivity index (χ3n) is 3.38. The summed E-state index contributed by atoms with van der Waals surface area (Å²) in [5, 5.41) is 3.20. The Morgan fingerprint density at radius 1 is 1.24 bits per heavy atom. The molecule has 1 amide bonds. The third-order valence-corrected chi connectivity index (χ3v) is 3.75. The van der Waals surface area contributed by atoms with Crippen LogP contribution in [-0.4, -0.2) is 15.9 Å². The van der Waals surface area contributed by atoms with Gasteiger partial charge in [-0.25, -0.2) is 0 Å². The zero-order chi connectivity index (χ0) is 17.6. The number of benzene rings is 1. The molecule has 0 saturated heterocycles. The lowest BCUT2D eigenvalue weighted by molar-refractivity contribution is 0.102. The number of carbonyl (C=O) groups excluding carboxylic acids is 1. The summed E-state index contributed by atoms with van der Waals surface area (Å²) in [6.07, 6.45) is 4.47. The van der Waals surface area contributed by atoms with Gasteiger partial charge in [0, 0.05) is 29.0 Å². The largest absolute Gasteiger partial charge is 0.483 e. The van der Waals surface area contributed by atoms with Crippen molar-refractivity contribution in [2.45, 2.75) is 6.61 Å². The van der Waals surface area contributed by atoms with Gasteiger partial charge in [-0.15, -0.1) is 0 Å². The Kier molecular flexibility index (Phi) is 5.11. The van der Waals surface area contributed by atoms with Gasteiger partial charge in [0.2, 0.25) is 5.43 Å². The third kappa shape index (κ3) is 4.24. The van der Waals surface area contributed by atoms with E-state index in [9.17, 15) is 9.59 Å². The van der Waals surface area contributed by atoms with Crippen LogP contribution < -0.4 is 15.5 Å². The first-order chi connectivity index (χ1) is 12.1. The Balaban J connectivity index is 1.69. The number of H-pyrrole nitrogens is 1. The molecule has 25 heavy (non-hydrogen) atoms. The molecule has 0 saturated carbocycles. The summed E-state index contributed by atoms with van der Waals surface area (Å²) in [5.41, 5.74) is 1.02. The molecular weight excluding hydrogens is 342 g/mol. The van der Waals surface area contributed by atoms with Crippen LogP contribution in [0.25, 0.3) is 0 Å². The van der Waals surface area contributed by atoms with Crippen LogP contribution in [-0.2, 0) is 6.61 Å². The van der Waals surface area contributed by atoms with Gasteiger partial charge in [-0.3, -0.25) is 14.6 Å². The molecule has 2 N–H and O–H groups in total. The highest BCUT2D eigenvalue weighted by Crippen LogP contribution is 2.16. The van der Waals surface area contributed by atoms with Crippen LogP contribution >= 0.6 is 11.6 Å². The van der Waals surface area contributed by atoms with Crippen molar-refractivity contribution in [3.05, 3.63) is 87.6 Å². The molecular formula is C18H14ClN3O3. The van der Waals surface area contributed by atoms with Gasteiger partial charge in [-0.05, 0) is 18.2 Å².